The summed E-state index contributed by atoms with van der Waals surface area (Å²) in [4.78, 5) is 0. The summed E-state index contributed by atoms with van der Waals surface area (Å²) in [6, 6.07) is 3.56. The highest BCUT2D eigenvalue weighted by Gasteiger charge is 2.36. The third-order valence-electron chi connectivity index (χ3n) is 3.35. The summed E-state index contributed by atoms with van der Waals surface area (Å²) in [6.45, 7) is 1.29. The van der Waals surface area contributed by atoms with Crippen LogP contribution in [0.4, 0.5) is 0 Å². The molecule has 1 heterocycles. The second kappa shape index (κ2) is 4.99. The third-order valence-corrected chi connectivity index (χ3v) is 3.35. The molecule has 0 amide bonds. The van der Waals surface area contributed by atoms with E-state index in [-0.39, 0.29) is 5.60 Å². The maximum absolute atomic E-state index is 9.77. The Labute approximate surface area is 95.6 Å². The van der Waals surface area contributed by atoms with Crippen molar-refractivity contribution in [1.82, 2.24) is 5.32 Å². The van der Waals surface area contributed by atoms with Gasteiger partial charge in [-0.15, -0.1) is 0 Å². The lowest BCUT2D eigenvalue weighted by Gasteiger charge is -2.40. The normalized spacial score (nSPS) is 20.4. The highest BCUT2D eigenvalue weighted by molar-refractivity contribution is 5.02. The summed E-state index contributed by atoms with van der Waals surface area (Å²) in [5, 5.41) is 13.0. The molecule has 2 N–H and O–H groups in total. The Hall–Kier alpha value is -0.840. The first-order valence-electron chi connectivity index (χ1n) is 5.73. The molecule has 1 saturated carbocycles. The monoisotopic (exact) mass is 225 g/mol. The minimum atomic E-state index is -0.580. The van der Waals surface area contributed by atoms with E-state index in [9.17, 15) is 5.11 Å². The predicted molar refractivity (Wildman–Crippen MR) is 60.1 cm³/mol. The first-order valence-corrected chi connectivity index (χ1v) is 5.73. The topological polar surface area (TPSA) is 54.6 Å². The summed E-state index contributed by atoms with van der Waals surface area (Å²) in [5.41, 5.74) is 0.00286. The van der Waals surface area contributed by atoms with E-state index in [0.717, 1.165) is 19.4 Å². The number of aliphatic hydroxyl groups is 1. The minimum absolute atomic E-state index is 0.00286. The molecular weight excluding hydrogens is 206 g/mol. The molecule has 1 aromatic heterocycles. The van der Waals surface area contributed by atoms with Crippen molar-refractivity contribution in [2.45, 2.75) is 31.0 Å². The van der Waals surface area contributed by atoms with Crippen LogP contribution in [0.1, 0.15) is 31.1 Å². The van der Waals surface area contributed by atoms with Crippen molar-refractivity contribution < 1.29 is 14.3 Å². The van der Waals surface area contributed by atoms with Crippen molar-refractivity contribution in [2.75, 3.05) is 20.2 Å². The highest BCUT2D eigenvalue weighted by atomic mass is 16.5. The van der Waals surface area contributed by atoms with Crippen LogP contribution >= 0.6 is 0 Å². The van der Waals surface area contributed by atoms with Gasteiger partial charge < -0.3 is 19.6 Å². The number of nitrogens with one attached hydrogen (secondary N) is 1. The van der Waals surface area contributed by atoms with Crippen LogP contribution in [-0.2, 0) is 4.74 Å². The van der Waals surface area contributed by atoms with Gasteiger partial charge >= 0.3 is 0 Å². The molecule has 90 valence electrons. The standard InChI is InChI=1S/C12H19NO3/c1-15-12(5-3-6-12)9-13-8-10(14)11-4-2-7-16-11/h2,4,7,10,13-14H,3,5-6,8-9H2,1H3. The molecule has 1 atom stereocenters. The van der Waals surface area contributed by atoms with Gasteiger partial charge in [0.1, 0.15) is 11.9 Å². The quantitative estimate of drug-likeness (QED) is 0.770. The van der Waals surface area contributed by atoms with Crippen molar-refractivity contribution in [2.24, 2.45) is 0 Å². The molecule has 0 radical (unpaired) electrons. The fourth-order valence-electron chi connectivity index (χ4n) is 2.04. The van der Waals surface area contributed by atoms with Gasteiger partial charge in [-0.3, -0.25) is 0 Å². The average molecular weight is 225 g/mol. The Morgan fingerprint density at radius 3 is 2.94 bits per heavy atom. The fraction of sp³-hybridized carbons (Fsp3) is 0.667. The molecule has 0 bridgehead atoms. The fourth-order valence-corrected chi connectivity index (χ4v) is 2.04. The molecule has 1 aliphatic rings. The average Bonchev–Trinajstić information content (AvgIpc) is 2.75. The molecule has 4 nitrogen and oxygen atoms in total. The Kier molecular flexibility index (Phi) is 3.63. The van der Waals surface area contributed by atoms with Crippen molar-refractivity contribution in [3.8, 4) is 0 Å². The molecule has 1 aromatic rings. The van der Waals surface area contributed by atoms with Gasteiger partial charge in [-0.2, -0.15) is 0 Å². The maximum Gasteiger partial charge on any atom is 0.133 e. The van der Waals surface area contributed by atoms with Gasteiger partial charge in [0.05, 0.1) is 11.9 Å². The molecule has 16 heavy (non-hydrogen) atoms. The van der Waals surface area contributed by atoms with Crippen molar-refractivity contribution >= 4 is 0 Å². The molecule has 2 rings (SSSR count). The number of ether oxygens (including phenoxy) is 1. The predicted octanol–water partition coefficient (Wildman–Crippen LogP) is 1.47. The van der Waals surface area contributed by atoms with Crippen molar-refractivity contribution in [3.63, 3.8) is 0 Å². The summed E-state index contributed by atoms with van der Waals surface area (Å²) in [7, 11) is 1.75. The second-order valence-electron chi connectivity index (χ2n) is 4.40. The summed E-state index contributed by atoms with van der Waals surface area (Å²) < 4.78 is 10.6. The van der Waals surface area contributed by atoms with Gasteiger partial charge in [-0.1, -0.05) is 0 Å². The molecule has 0 spiro atoms. The zero-order valence-electron chi connectivity index (χ0n) is 9.61. The molecular formula is C12H19NO3. The van der Waals surface area contributed by atoms with Crippen LogP contribution in [0.15, 0.2) is 22.8 Å². The number of rotatable bonds is 6. The SMILES string of the molecule is COC1(CNCC(O)c2ccco2)CCC1. The molecule has 0 saturated heterocycles. The first kappa shape index (κ1) is 11.6. The van der Waals surface area contributed by atoms with E-state index in [0.29, 0.717) is 12.3 Å². The molecule has 1 fully saturated rings. The largest absolute Gasteiger partial charge is 0.467 e. The van der Waals surface area contributed by atoms with Crippen molar-refractivity contribution in [1.29, 1.82) is 0 Å². The number of furan rings is 1. The highest BCUT2D eigenvalue weighted by Crippen LogP contribution is 2.34. The van der Waals surface area contributed by atoms with Gasteiger partial charge in [0, 0.05) is 20.2 Å². The van der Waals surface area contributed by atoms with Crippen LogP contribution in [0, 0.1) is 0 Å². The number of aliphatic hydroxyl groups excluding tert-OH is 1. The van der Waals surface area contributed by atoms with Crippen LogP contribution in [0.5, 0.6) is 0 Å². The van der Waals surface area contributed by atoms with Crippen LogP contribution in [-0.4, -0.2) is 30.9 Å². The molecule has 1 unspecified atom stereocenters. The maximum atomic E-state index is 9.77. The summed E-state index contributed by atoms with van der Waals surface area (Å²) >= 11 is 0. The molecule has 0 aliphatic heterocycles. The van der Waals surface area contributed by atoms with Gasteiger partial charge in [-0.05, 0) is 31.4 Å². The lowest BCUT2D eigenvalue weighted by atomic mass is 9.80. The van der Waals surface area contributed by atoms with Crippen LogP contribution in [0.2, 0.25) is 0 Å². The van der Waals surface area contributed by atoms with Gasteiger partial charge in [0.15, 0.2) is 0 Å². The molecule has 4 heteroatoms. The van der Waals surface area contributed by atoms with Gasteiger partial charge in [0.2, 0.25) is 0 Å². The van der Waals surface area contributed by atoms with Gasteiger partial charge in [-0.25, -0.2) is 0 Å². The zero-order valence-corrected chi connectivity index (χ0v) is 9.61. The van der Waals surface area contributed by atoms with E-state index in [1.807, 2.05) is 0 Å². The number of methoxy groups -OCH3 is 1. The molecule has 1 aliphatic carbocycles. The van der Waals surface area contributed by atoms with E-state index < -0.39 is 6.10 Å². The van der Waals surface area contributed by atoms with E-state index in [2.05, 4.69) is 5.32 Å². The van der Waals surface area contributed by atoms with E-state index >= 15 is 0 Å². The smallest absolute Gasteiger partial charge is 0.133 e. The Bertz CT molecular complexity index is 301. The Morgan fingerprint density at radius 1 is 1.62 bits per heavy atom. The third kappa shape index (κ3) is 2.45. The summed E-state index contributed by atoms with van der Waals surface area (Å²) in [6.07, 6.45) is 4.43. The van der Waals surface area contributed by atoms with Crippen LogP contribution < -0.4 is 5.32 Å². The summed E-state index contributed by atoms with van der Waals surface area (Å²) in [5.74, 6) is 0.604. The first-order chi connectivity index (χ1) is 7.76. The second-order valence-corrected chi connectivity index (χ2v) is 4.40. The Morgan fingerprint density at radius 2 is 2.44 bits per heavy atom. The number of hydrogen-bond acceptors (Lipinski definition) is 4. The number of hydrogen-bond donors (Lipinski definition) is 2. The van der Waals surface area contributed by atoms with Crippen molar-refractivity contribution in [3.05, 3.63) is 24.2 Å². The lowest BCUT2D eigenvalue weighted by molar-refractivity contribution is -0.0705. The zero-order chi connectivity index (χ0) is 11.4. The minimum Gasteiger partial charge on any atom is -0.467 e. The van der Waals surface area contributed by atoms with Crippen LogP contribution in [0.3, 0.4) is 0 Å². The van der Waals surface area contributed by atoms with Gasteiger partial charge in [0.25, 0.3) is 0 Å². The Balaban J connectivity index is 1.72. The van der Waals surface area contributed by atoms with E-state index in [1.165, 1.54) is 6.42 Å². The molecule has 0 aromatic carbocycles. The van der Waals surface area contributed by atoms with E-state index in [1.54, 1.807) is 25.5 Å². The van der Waals surface area contributed by atoms with Crippen LogP contribution in [0.25, 0.3) is 0 Å². The lowest BCUT2D eigenvalue weighted by Crippen LogP contribution is -2.48. The van der Waals surface area contributed by atoms with E-state index in [4.69, 9.17) is 9.15 Å².